The molecule has 3 aromatic rings. The van der Waals surface area contributed by atoms with Crippen molar-refractivity contribution in [2.75, 3.05) is 18.5 Å². The molecule has 0 unspecified atom stereocenters. The minimum atomic E-state index is -0.596. The summed E-state index contributed by atoms with van der Waals surface area (Å²) >= 11 is 6.30. The Bertz CT molecular complexity index is 1170. The van der Waals surface area contributed by atoms with Gasteiger partial charge >= 0.3 is 0 Å². The third-order valence-corrected chi connectivity index (χ3v) is 4.60. The summed E-state index contributed by atoms with van der Waals surface area (Å²) in [6, 6.07) is 14.4. The summed E-state index contributed by atoms with van der Waals surface area (Å²) in [5.74, 6) is 1.46. The van der Waals surface area contributed by atoms with Gasteiger partial charge in [-0.05, 0) is 67.8 Å². The predicted octanol–water partition coefficient (Wildman–Crippen LogP) is 5.26. The van der Waals surface area contributed by atoms with Gasteiger partial charge in [0, 0.05) is 6.07 Å². The van der Waals surface area contributed by atoms with Crippen LogP contribution in [-0.4, -0.2) is 24.3 Å². The maximum absolute atomic E-state index is 12.3. The number of hydrogen-bond donors (Lipinski definition) is 1. The number of rotatable bonds is 8. The van der Waals surface area contributed by atoms with Crippen LogP contribution in [0.3, 0.4) is 0 Å². The minimum Gasteiger partial charge on any atom is -0.490 e. The van der Waals surface area contributed by atoms with E-state index in [4.69, 9.17) is 25.6 Å². The standard InChI is InChI=1S/C24H22ClN3O4/c1-15-8-16(2)10-20(9-15)30-6-7-31-22-5-4-18(13-21(22)25)12-19(14-26)24(29)27-23-11-17(3)32-28-23/h4-5,8-13H,6-7H2,1-3H3,(H,27,28,29)/b19-12-. The molecule has 0 aliphatic carbocycles. The fourth-order valence-corrected chi connectivity index (χ4v) is 3.22. The Morgan fingerprint density at radius 1 is 1.12 bits per heavy atom. The van der Waals surface area contributed by atoms with Gasteiger partial charge in [0.05, 0.1) is 5.02 Å². The topological polar surface area (TPSA) is 97.4 Å². The molecule has 164 valence electrons. The highest BCUT2D eigenvalue weighted by Gasteiger charge is 2.12. The Hall–Kier alpha value is -3.76. The molecular weight excluding hydrogens is 430 g/mol. The quantitative estimate of drug-likeness (QED) is 0.285. The number of nitriles is 1. The molecule has 8 heteroatoms. The largest absolute Gasteiger partial charge is 0.490 e. The lowest BCUT2D eigenvalue weighted by molar-refractivity contribution is -0.112. The zero-order valence-corrected chi connectivity index (χ0v) is 18.7. The van der Waals surface area contributed by atoms with Gasteiger partial charge in [-0.15, -0.1) is 0 Å². The number of nitrogens with zero attached hydrogens (tertiary/aromatic N) is 2. The Balaban J connectivity index is 1.58. The second-order valence-corrected chi connectivity index (χ2v) is 7.56. The van der Waals surface area contributed by atoms with Crippen molar-refractivity contribution in [2.24, 2.45) is 0 Å². The highest BCUT2D eigenvalue weighted by molar-refractivity contribution is 6.32. The summed E-state index contributed by atoms with van der Waals surface area (Å²) in [6.45, 7) is 6.41. The lowest BCUT2D eigenvalue weighted by Gasteiger charge is -2.11. The van der Waals surface area contributed by atoms with Crippen molar-refractivity contribution in [3.8, 4) is 17.6 Å². The highest BCUT2D eigenvalue weighted by Crippen LogP contribution is 2.27. The number of anilines is 1. The van der Waals surface area contributed by atoms with E-state index in [0.29, 0.717) is 35.3 Å². The van der Waals surface area contributed by atoms with Crippen LogP contribution in [0.5, 0.6) is 11.5 Å². The summed E-state index contributed by atoms with van der Waals surface area (Å²) < 4.78 is 16.3. The molecule has 2 aromatic carbocycles. The Labute approximate surface area is 191 Å². The molecule has 0 radical (unpaired) electrons. The van der Waals surface area contributed by atoms with Gasteiger partial charge in [0.2, 0.25) is 0 Å². The summed E-state index contributed by atoms with van der Waals surface area (Å²) in [7, 11) is 0. The Morgan fingerprint density at radius 3 is 2.47 bits per heavy atom. The van der Waals surface area contributed by atoms with Gasteiger partial charge in [0.15, 0.2) is 5.82 Å². The van der Waals surface area contributed by atoms with E-state index >= 15 is 0 Å². The van der Waals surface area contributed by atoms with Crippen LogP contribution in [0.25, 0.3) is 6.08 Å². The van der Waals surface area contributed by atoms with E-state index in [-0.39, 0.29) is 11.4 Å². The predicted molar refractivity (Wildman–Crippen MR) is 122 cm³/mol. The van der Waals surface area contributed by atoms with Crippen molar-refractivity contribution in [3.63, 3.8) is 0 Å². The van der Waals surface area contributed by atoms with Gasteiger partial charge in [-0.1, -0.05) is 28.9 Å². The first-order valence-corrected chi connectivity index (χ1v) is 10.2. The van der Waals surface area contributed by atoms with Gasteiger partial charge in [-0.3, -0.25) is 4.79 Å². The van der Waals surface area contributed by atoms with E-state index in [9.17, 15) is 10.1 Å². The van der Waals surface area contributed by atoms with Crippen LogP contribution in [0.2, 0.25) is 5.02 Å². The molecule has 1 amide bonds. The summed E-state index contributed by atoms with van der Waals surface area (Å²) in [5.41, 5.74) is 2.75. The Kier molecular flexibility index (Phi) is 7.53. The third-order valence-electron chi connectivity index (χ3n) is 4.31. The van der Waals surface area contributed by atoms with Gasteiger partial charge < -0.3 is 19.3 Å². The monoisotopic (exact) mass is 451 g/mol. The van der Waals surface area contributed by atoms with Crippen LogP contribution in [0.4, 0.5) is 5.82 Å². The molecule has 0 aliphatic rings. The number of aromatic nitrogens is 1. The third kappa shape index (κ3) is 6.37. The van der Waals surface area contributed by atoms with Crippen molar-refractivity contribution < 1.29 is 18.8 Å². The van der Waals surface area contributed by atoms with Crippen LogP contribution in [0.15, 0.2) is 52.6 Å². The number of nitrogens with one attached hydrogen (secondary N) is 1. The fourth-order valence-electron chi connectivity index (χ4n) is 2.98. The number of amides is 1. The lowest BCUT2D eigenvalue weighted by Crippen LogP contribution is -2.13. The molecule has 0 bridgehead atoms. The van der Waals surface area contributed by atoms with Crippen molar-refractivity contribution in [1.29, 1.82) is 5.26 Å². The average molecular weight is 452 g/mol. The van der Waals surface area contributed by atoms with Gasteiger partial charge in [0.1, 0.15) is 42.1 Å². The maximum Gasteiger partial charge on any atom is 0.267 e. The normalized spacial score (nSPS) is 11.0. The molecule has 1 N–H and O–H groups in total. The van der Waals surface area contributed by atoms with Crippen molar-refractivity contribution in [3.05, 3.63) is 75.5 Å². The van der Waals surface area contributed by atoms with Gasteiger partial charge in [-0.25, -0.2) is 0 Å². The number of aryl methyl sites for hydroxylation is 3. The van der Waals surface area contributed by atoms with Crippen LogP contribution in [0.1, 0.15) is 22.5 Å². The first-order valence-electron chi connectivity index (χ1n) is 9.84. The van der Waals surface area contributed by atoms with Crippen molar-refractivity contribution in [2.45, 2.75) is 20.8 Å². The second kappa shape index (κ2) is 10.5. The van der Waals surface area contributed by atoms with Gasteiger partial charge in [0.25, 0.3) is 5.91 Å². The summed E-state index contributed by atoms with van der Waals surface area (Å²) in [6.07, 6.45) is 1.43. The van der Waals surface area contributed by atoms with Gasteiger partial charge in [-0.2, -0.15) is 5.26 Å². The first kappa shape index (κ1) is 22.9. The van der Waals surface area contributed by atoms with Crippen LogP contribution >= 0.6 is 11.6 Å². The number of carbonyl (C=O) groups excluding carboxylic acids is 1. The van der Waals surface area contributed by atoms with Crippen LogP contribution in [0, 0.1) is 32.1 Å². The number of carbonyl (C=O) groups is 1. The second-order valence-electron chi connectivity index (χ2n) is 7.16. The van der Waals surface area contributed by atoms with Crippen molar-refractivity contribution >= 4 is 29.4 Å². The van der Waals surface area contributed by atoms with E-state index in [2.05, 4.69) is 16.5 Å². The fraction of sp³-hybridized carbons (Fsp3) is 0.208. The highest BCUT2D eigenvalue weighted by atomic mass is 35.5. The van der Waals surface area contributed by atoms with E-state index in [1.54, 1.807) is 31.2 Å². The molecule has 0 aliphatic heterocycles. The number of benzene rings is 2. The van der Waals surface area contributed by atoms with E-state index in [1.807, 2.05) is 32.0 Å². The van der Waals surface area contributed by atoms with E-state index < -0.39 is 5.91 Å². The maximum atomic E-state index is 12.3. The molecule has 7 nitrogen and oxygen atoms in total. The van der Waals surface area contributed by atoms with Crippen molar-refractivity contribution in [1.82, 2.24) is 5.16 Å². The van der Waals surface area contributed by atoms with E-state index in [0.717, 1.165) is 16.9 Å². The smallest absolute Gasteiger partial charge is 0.267 e. The summed E-state index contributed by atoms with van der Waals surface area (Å²) in [5, 5.41) is 15.9. The molecule has 0 saturated heterocycles. The Morgan fingerprint density at radius 2 is 1.84 bits per heavy atom. The molecule has 0 saturated carbocycles. The molecule has 0 fully saturated rings. The molecule has 1 aromatic heterocycles. The van der Waals surface area contributed by atoms with E-state index in [1.165, 1.54) is 6.08 Å². The summed E-state index contributed by atoms with van der Waals surface area (Å²) in [4.78, 5) is 12.3. The number of hydrogen-bond acceptors (Lipinski definition) is 6. The zero-order valence-electron chi connectivity index (χ0n) is 17.9. The molecule has 3 rings (SSSR count). The zero-order chi connectivity index (χ0) is 23.1. The van der Waals surface area contributed by atoms with Crippen LogP contribution < -0.4 is 14.8 Å². The number of ether oxygens (including phenoxy) is 2. The average Bonchev–Trinajstić information content (AvgIpc) is 3.14. The SMILES string of the molecule is Cc1cc(C)cc(OCCOc2ccc(/C=C(/C#N)C(=O)Nc3cc(C)on3)cc2Cl)c1. The van der Waals surface area contributed by atoms with Crippen LogP contribution in [-0.2, 0) is 4.79 Å². The molecule has 1 heterocycles. The molecule has 0 spiro atoms. The number of halogens is 1. The molecule has 0 atom stereocenters. The molecular formula is C24H22ClN3O4. The molecule has 32 heavy (non-hydrogen) atoms. The minimum absolute atomic E-state index is 0.0998. The first-order chi connectivity index (χ1) is 15.3. The lowest BCUT2D eigenvalue weighted by atomic mass is 10.1.